The Morgan fingerprint density at radius 3 is 2.32 bits per heavy atom. The molecule has 2 aromatic heterocycles. The minimum Gasteiger partial charge on any atom is -0.443 e. The number of fused-ring (bicyclic) bond motifs is 1. The van der Waals surface area contributed by atoms with E-state index >= 15 is 0 Å². The van der Waals surface area contributed by atoms with Crippen LogP contribution in [0.4, 0.5) is 4.79 Å². The number of carbonyl (C=O) groups excluding carboxylic acids is 3. The molecule has 160 valence electrons. The van der Waals surface area contributed by atoms with Crippen LogP contribution in [0.15, 0.2) is 48.0 Å². The normalized spacial score (nSPS) is 11.9. The predicted molar refractivity (Wildman–Crippen MR) is 112 cm³/mol. The van der Waals surface area contributed by atoms with Gasteiger partial charge >= 0.3 is 12.1 Å². The number of amidine groups is 1. The first-order valence-corrected chi connectivity index (χ1v) is 9.28. The molecule has 3 aromatic rings. The van der Waals surface area contributed by atoms with Crippen LogP contribution < -0.4 is 5.73 Å². The van der Waals surface area contributed by atoms with E-state index < -0.39 is 23.4 Å². The molecule has 0 atom stereocenters. The van der Waals surface area contributed by atoms with Crippen molar-refractivity contribution in [2.45, 2.75) is 33.3 Å². The van der Waals surface area contributed by atoms with Crippen molar-refractivity contribution in [1.29, 1.82) is 0 Å². The van der Waals surface area contributed by atoms with Gasteiger partial charge in [0.15, 0.2) is 5.69 Å². The number of carbonyl (C=O) groups is 3. The van der Waals surface area contributed by atoms with Gasteiger partial charge in [-0.25, -0.2) is 19.6 Å². The van der Waals surface area contributed by atoms with Gasteiger partial charge in [-0.05, 0) is 33.8 Å². The summed E-state index contributed by atoms with van der Waals surface area (Å²) in [6, 6.07) is 6.93. The molecular weight excluding hydrogens is 402 g/mol. The molecule has 0 amide bonds. The fourth-order valence-electron chi connectivity index (χ4n) is 2.67. The highest BCUT2D eigenvalue weighted by Gasteiger charge is 2.24. The molecule has 3 rings (SSSR count). The van der Waals surface area contributed by atoms with Gasteiger partial charge in [0.05, 0.1) is 23.5 Å². The standard InChI is InChI=1S/C21H21N5O5/c1-12(22)25-31-19(28)16-10-23-15(9-24-16)18(27)14-11-26(20(29)30-21(2,3)4)17-8-6-5-7-13(14)17/h5-11H,1-4H3,(H2,22,25). The fourth-order valence-corrected chi connectivity index (χ4v) is 2.67. The molecule has 0 unspecified atom stereocenters. The van der Waals surface area contributed by atoms with Gasteiger partial charge in [0.2, 0.25) is 5.78 Å². The van der Waals surface area contributed by atoms with Crippen LogP contribution in [-0.4, -0.2) is 43.8 Å². The molecule has 1 aromatic carbocycles. The average Bonchev–Trinajstić information content (AvgIpc) is 3.10. The lowest BCUT2D eigenvalue weighted by molar-refractivity contribution is 0.0505. The minimum absolute atomic E-state index is 0.0119. The van der Waals surface area contributed by atoms with Crippen molar-refractivity contribution < 1.29 is 24.0 Å². The number of aromatic nitrogens is 3. The van der Waals surface area contributed by atoms with Crippen LogP contribution in [-0.2, 0) is 9.57 Å². The maximum absolute atomic E-state index is 13.1. The summed E-state index contributed by atoms with van der Waals surface area (Å²) in [5, 5.41) is 3.90. The SMILES string of the molecule is CC(N)=NOC(=O)c1cnc(C(=O)c2cn(C(=O)OC(C)(C)C)c3ccccc23)cn1. The molecule has 10 nitrogen and oxygen atoms in total. The molecule has 0 spiro atoms. The molecule has 0 aliphatic carbocycles. The summed E-state index contributed by atoms with van der Waals surface area (Å²) in [5.41, 5.74) is 5.22. The molecule has 2 heterocycles. The van der Waals surface area contributed by atoms with E-state index in [1.807, 2.05) is 0 Å². The number of oxime groups is 1. The summed E-state index contributed by atoms with van der Waals surface area (Å²) in [4.78, 5) is 50.0. The zero-order chi connectivity index (χ0) is 22.8. The molecular formula is C21H21N5O5. The Morgan fingerprint density at radius 1 is 1.06 bits per heavy atom. The van der Waals surface area contributed by atoms with E-state index in [4.69, 9.17) is 10.5 Å². The van der Waals surface area contributed by atoms with Crippen LogP contribution in [0.3, 0.4) is 0 Å². The van der Waals surface area contributed by atoms with E-state index in [2.05, 4.69) is 20.0 Å². The van der Waals surface area contributed by atoms with E-state index in [0.29, 0.717) is 10.9 Å². The van der Waals surface area contributed by atoms with Crippen molar-refractivity contribution in [2.75, 3.05) is 0 Å². The van der Waals surface area contributed by atoms with Crippen LogP contribution >= 0.6 is 0 Å². The maximum atomic E-state index is 13.1. The van der Waals surface area contributed by atoms with Gasteiger partial charge in [0, 0.05) is 11.6 Å². The van der Waals surface area contributed by atoms with E-state index in [1.54, 1.807) is 45.0 Å². The van der Waals surface area contributed by atoms with Crippen LogP contribution in [0.5, 0.6) is 0 Å². The Balaban J connectivity index is 1.93. The number of ketones is 1. The van der Waals surface area contributed by atoms with Crippen molar-refractivity contribution in [3.8, 4) is 0 Å². The maximum Gasteiger partial charge on any atom is 0.419 e. The smallest absolute Gasteiger partial charge is 0.419 e. The molecule has 2 N–H and O–H groups in total. The second-order valence-corrected chi connectivity index (χ2v) is 7.64. The fraction of sp³-hybridized carbons (Fsp3) is 0.238. The number of nitrogens with zero attached hydrogens (tertiary/aromatic N) is 4. The third-order valence-electron chi connectivity index (χ3n) is 3.91. The topological polar surface area (TPSA) is 139 Å². The molecule has 0 radical (unpaired) electrons. The van der Waals surface area contributed by atoms with Crippen molar-refractivity contribution in [1.82, 2.24) is 14.5 Å². The summed E-state index contributed by atoms with van der Waals surface area (Å²) < 4.78 is 6.70. The summed E-state index contributed by atoms with van der Waals surface area (Å²) in [7, 11) is 0. The second kappa shape index (κ2) is 8.34. The number of hydrogen-bond donors (Lipinski definition) is 1. The first-order valence-electron chi connectivity index (χ1n) is 9.28. The van der Waals surface area contributed by atoms with Crippen molar-refractivity contribution in [3.63, 3.8) is 0 Å². The monoisotopic (exact) mass is 423 g/mol. The highest BCUT2D eigenvalue weighted by molar-refractivity contribution is 6.16. The van der Waals surface area contributed by atoms with Crippen LogP contribution in [0.25, 0.3) is 10.9 Å². The Labute approximate surface area is 177 Å². The third kappa shape index (κ3) is 4.92. The van der Waals surface area contributed by atoms with Crippen molar-refractivity contribution >= 4 is 34.6 Å². The number of rotatable bonds is 4. The Hall–Kier alpha value is -4.08. The Kier molecular flexibility index (Phi) is 5.82. The zero-order valence-corrected chi connectivity index (χ0v) is 17.4. The molecule has 0 bridgehead atoms. The third-order valence-corrected chi connectivity index (χ3v) is 3.91. The first-order chi connectivity index (χ1) is 14.6. The Bertz CT molecular complexity index is 1190. The van der Waals surface area contributed by atoms with Gasteiger partial charge in [0.25, 0.3) is 0 Å². The molecule has 0 saturated carbocycles. The van der Waals surface area contributed by atoms with Gasteiger partial charge < -0.3 is 15.3 Å². The lowest BCUT2D eigenvalue weighted by Gasteiger charge is -2.19. The molecule has 10 heteroatoms. The first kappa shape index (κ1) is 21.6. The highest BCUT2D eigenvalue weighted by atomic mass is 16.7. The number of hydrogen-bond acceptors (Lipinski definition) is 8. The van der Waals surface area contributed by atoms with Crippen molar-refractivity contribution in [3.05, 3.63) is 59.8 Å². The molecule has 0 saturated heterocycles. The van der Waals surface area contributed by atoms with E-state index in [1.165, 1.54) is 17.7 Å². The van der Waals surface area contributed by atoms with Gasteiger partial charge in [-0.1, -0.05) is 23.4 Å². The van der Waals surface area contributed by atoms with E-state index in [9.17, 15) is 14.4 Å². The second-order valence-electron chi connectivity index (χ2n) is 7.64. The Morgan fingerprint density at radius 2 is 1.71 bits per heavy atom. The number of ether oxygens (including phenoxy) is 1. The number of para-hydroxylation sites is 1. The zero-order valence-electron chi connectivity index (χ0n) is 17.4. The van der Waals surface area contributed by atoms with Gasteiger partial charge in [-0.15, -0.1) is 0 Å². The van der Waals surface area contributed by atoms with Crippen LogP contribution in [0.2, 0.25) is 0 Å². The average molecular weight is 423 g/mol. The quantitative estimate of drug-likeness (QED) is 0.222. The highest BCUT2D eigenvalue weighted by Crippen LogP contribution is 2.24. The van der Waals surface area contributed by atoms with Crippen LogP contribution in [0.1, 0.15) is 54.2 Å². The summed E-state index contributed by atoms with van der Waals surface area (Å²) in [6.07, 6.45) is 3.05. The lowest BCUT2D eigenvalue weighted by atomic mass is 10.1. The number of benzene rings is 1. The summed E-state index contributed by atoms with van der Waals surface area (Å²) in [5.74, 6) is -1.27. The van der Waals surface area contributed by atoms with Crippen LogP contribution in [0, 0.1) is 0 Å². The molecule has 31 heavy (non-hydrogen) atoms. The van der Waals surface area contributed by atoms with E-state index in [0.717, 1.165) is 12.4 Å². The van der Waals surface area contributed by atoms with Gasteiger partial charge in [-0.3, -0.25) is 9.36 Å². The predicted octanol–water partition coefficient (Wildman–Crippen LogP) is 2.89. The molecule has 0 aliphatic rings. The largest absolute Gasteiger partial charge is 0.443 e. The van der Waals surface area contributed by atoms with E-state index in [-0.39, 0.29) is 22.8 Å². The van der Waals surface area contributed by atoms with Gasteiger partial charge in [0.1, 0.15) is 17.1 Å². The number of nitrogens with two attached hydrogens (primary N) is 1. The summed E-state index contributed by atoms with van der Waals surface area (Å²) in [6.45, 7) is 6.72. The molecule has 0 aliphatic heterocycles. The molecule has 0 fully saturated rings. The lowest BCUT2D eigenvalue weighted by Crippen LogP contribution is -2.26. The van der Waals surface area contributed by atoms with Crippen molar-refractivity contribution in [2.24, 2.45) is 10.9 Å². The van der Waals surface area contributed by atoms with Gasteiger partial charge in [-0.2, -0.15) is 0 Å². The summed E-state index contributed by atoms with van der Waals surface area (Å²) >= 11 is 0. The minimum atomic E-state index is -0.863.